The minimum absolute atomic E-state index is 0.526. The van der Waals surface area contributed by atoms with E-state index in [9.17, 15) is 4.79 Å². The average Bonchev–Trinajstić information content (AvgIpc) is 2.49. The van der Waals surface area contributed by atoms with Gasteiger partial charge in [0.1, 0.15) is 11.5 Å². The van der Waals surface area contributed by atoms with Crippen LogP contribution in [0.1, 0.15) is 21.5 Å². The molecule has 0 bridgehead atoms. The van der Waals surface area contributed by atoms with Crippen LogP contribution in [0, 0.1) is 6.92 Å². The predicted molar refractivity (Wildman–Crippen MR) is 78.8 cm³/mol. The van der Waals surface area contributed by atoms with Gasteiger partial charge in [-0.15, -0.1) is 0 Å². The highest BCUT2D eigenvalue weighted by molar-refractivity contribution is 5.79. The molecule has 104 valence electrons. The van der Waals surface area contributed by atoms with Gasteiger partial charge >= 0.3 is 0 Å². The maximum atomic E-state index is 10.8. The molecule has 0 aliphatic heterocycles. The van der Waals surface area contributed by atoms with E-state index in [4.69, 9.17) is 9.47 Å². The summed E-state index contributed by atoms with van der Waals surface area (Å²) < 4.78 is 10.8. The summed E-state index contributed by atoms with van der Waals surface area (Å²) in [6, 6.07) is 13.6. The Morgan fingerprint density at radius 3 is 2.50 bits per heavy atom. The Balaban J connectivity index is 1.94. The van der Waals surface area contributed by atoms with Gasteiger partial charge < -0.3 is 9.47 Å². The number of methoxy groups -OCH3 is 1. The molecular formula is C17H18O3. The molecule has 0 unspecified atom stereocenters. The van der Waals surface area contributed by atoms with E-state index in [0.717, 1.165) is 12.7 Å². The number of aldehydes is 1. The second-order valence-electron chi connectivity index (χ2n) is 4.61. The largest absolute Gasteiger partial charge is 0.496 e. The molecule has 0 atom stereocenters. The van der Waals surface area contributed by atoms with E-state index < -0.39 is 0 Å². The highest BCUT2D eigenvalue weighted by atomic mass is 16.5. The molecule has 0 N–H and O–H groups in total. The number of rotatable bonds is 6. The van der Waals surface area contributed by atoms with Gasteiger partial charge in [-0.1, -0.05) is 29.8 Å². The van der Waals surface area contributed by atoms with E-state index in [1.807, 2.05) is 0 Å². The van der Waals surface area contributed by atoms with Crippen molar-refractivity contribution in [1.82, 2.24) is 0 Å². The molecule has 0 saturated heterocycles. The minimum Gasteiger partial charge on any atom is -0.496 e. The molecule has 0 aliphatic rings. The number of hydrogen-bond acceptors (Lipinski definition) is 3. The molecule has 3 heteroatoms. The summed E-state index contributed by atoms with van der Waals surface area (Å²) in [5.74, 6) is 1.24. The van der Waals surface area contributed by atoms with Gasteiger partial charge in [-0.25, -0.2) is 0 Å². The molecule has 0 aliphatic carbocycles. The van der Waals surface area contributed by atoms with Gasteiger partial charge in [0.25, 0.3) is 0 Å². The molecule has 3 nitrogen and oxygen atoms in total. The predicted octanol–water partition coefficient (Wildman–Crippen LogP) is 3.44. The molecular weight excluding hydrogens is 252 g/mol. The lowest BCUT2D eigenvalue weighted by Gasteiger charge is -2.09. The Hall–Kier alpha value is -2.29. The van der Waals surface area contributed by atoms with Crippen molar-refractivity contribution >= 4 is 6.29 Å². The molecule has 0 heterocycles. The summed E-state index contributed by atoms with van der Waals surface area (Å²) in [6.07, 6.45) is 1.62. The molecule has 0 amide bonds. The highest BCUT2D eigenvalue weighted by Gasteiger charge is 2.04. The number of carbonyl (C=O) groups excluding carboxylic acids is 1. The first-order valence-corrected chi connectivity index (χ1v) is 6.54. The van der Waals surface area contributed by atoms with Crippen LogP contribution in [-0.4, -0.2) is 20.0 Å². The average molecular weight is 270 g/mol. The molecule has 2 aromatic rings. The van der Waals surface area contributed by atoms with E-state index in [-0.39, 0.29) is 0 Å². The Bertz CT molecular complexity index is 573. The van der Waals surface area contributed by atoms with Gasteiger partial charge in [0.15, 0.2) is 6.29 Å². The van der Waals surface area contributed by atoms with Gasteiger partial charge in [0, 0.05) is 12.5 Å². The van der Waals surface area contributed by atoms with Crippen molar-refractivity contribution in [3.05, 3.63) is 59.2 Å². The lowest BCUT2D eigenvalue weighted by molar-refractivity contribution is 0.112. The van der Waals surface area contributed by atoms with Crippen LogP contribution in [0.15, 0.2) is 42.5 Å². The van der Waals surface area contributed by atoms with Crippen LogP contribution in [-0.2, 0) is 6.42 Å². The normalized spacial score (nSPS) is 10.1. The van der Waals surface area contributed by atoms with E-state index in [2.05, 4.69) is 31.2 Å². The second-order valence-corrected chi connectivity index (χ2v) is 4.61. The van der Waals surface area contributed by atoms with Crippen LogP contribution >= 0.6 is 0 Å². The van der Waals surface area contributed by atoms with Gasteiger partial charge in [-0.05, 0) is 24.6 Å². The Morgan fingerprint density at radius 2 is 1.85 bits per heavy atom. The summed E-state index contributed by atoms with van der Waals surface area (Å²) in [5, 5.41) is 0. The Kier molecular flexibility index (Phi) is 4.77. The number of aryl methyl sites for hydroxylation is 1. The van der Waals surface area contributed by atoms with Crippen molar-refractivity contribution < 1.29 is 14.3 Å². The van der Waals surface area contributed by atoms with Crippen LogP contribution < -0.4 is 9.47 Å². The first-order valence-electron chi connectivity index (χ1n) is 6.54. The summed E-state index contributed by atoms with van der Waals surface area (Å²) in [7, 11) is 1.54. The maximum Gasteiger partial charge on any atom is 0.153 e. The van der Waals surface area contributed by atoms with Crippen LogP contribution in [0.5, 0.6) is 11.5 Å². The molecule has 0 saturated carbocycles. The third-order valence-electron chi connectivity index (χ3n) is 3.11. The monoisotopic (exact) mass is 270 g/mol. The van der Waals surface area contributed by atoms with Gasteiger partial charge in [-0.2, -0.15) is 0 Å². The van der Waals surface area contributed by atoms with Crippen molar-refractivity contribution in [3.8, 4) is 11.5 Å². The summed E-state index contributed by atoms with van der Waals surface area (Å²) in [6.45, 7) is 2.66. The SMILES string of the molecule is COc1cc(OCCc2ccc(C)cc2)ccc1C=O. The first kappa shape index (κ1) is 14.1. The smallest absolute Gasteiger partial charge is 0.153 e. The zero-order valence-electron chi connectivity index (χ0n) is 11.8. The standard InChI is InChI=1S/C17H18O3/c1-13-3-5-14(6-4-13)9-10-20-16-8-7-15(12-18)17(11-16)19-2/h3-8,11-12H,9-10H2,1-2H3. The quantitative estimate of drug-likeness (QED) is 0.754. The molecule has 0 fully saturated rings. The molecule has 0 radical (unpaired) electrons. The van der Waals surface area contributed by atoms with Crippen LogP contribution in [0.4, 0.5) is 0 Å². The van der Waals surface area contributed by atoms with E-state index in [1.54, 1.807) is 25.3 Å². The van der Waals surface area contributed by atoms with Crippen molar-refractivity contribution in [2.75, 3.05) is 13.7 Å². The molecule has 0 spiro atoms. The van der Waals surface area contributed by atoms with Gasteiger partial charge in [0.05, 0.1) is 19.3 Å². The van der Waals surface area contributed by atoms with Crippen molar-refractivity contribution in [3.63, 3.8) is 0 Å². The third kappa shape index (κ3) is 3.60. The molecule has 0 aromatic heterocycles. The zero-order valence-corrected chi connectivity index (χ0v) is 11.8. The number of benzene rings is 2. The van der Waals surface area contributed by atoms with E-state index in [1.165, 1.54) is 11.1 Å². The van der Waals surface area contributed by atoms with Gasteiger partial charge in [0.2, 0.25) is 0 Å². The lowest BCUT2D eigenvalue weighted by Crippen LogP contribution is -2.02. The highest BCUT2D eigenvalue weighted by Crippen LogP contribution is 2.23. The maximum absolute atomic E-state index is 10.8. The van der Waals surface area contributed by atoms with Crippen molar-refractivity contribution in [1.29, 1.82) is 0 Å². The fraction of sp³-hybridized carbons (Fsp3) is 0.235. The number of hydrogen-bond donors (Lipinski definition) is 0. The summed E-state index contributed by atoms with van der Waals surface area (Å²) in [5.41, 5.74) is 3.02. The number of carbonyl (C=O) groups is 1. The minimum atomic E-state index is 0.526. The first-order chi connectivity index (χ1) is 9.72. The Labute approximate surface area is 119 Å². The van der Waals surface area contributed by atoms with Crippen LogP contribution in [0.3, 0.4) is 0 Å². The topological polar surface area (TPSA) is 35.5 Å². The molecule has 2 rings (SSSR count). The fourth-order valence-corrected chi connectivity index (χ4v) is 1.92. The lowest BCUT2D eigenvalue weighted by atomic mass is 10.1. The fourth-order valence-electron chi connectivity index (χ4n) is 1.92. The zero-order chi connectivity index (χ0) is 14.4. The molecule has 2 aromatic carbocycles. The van der Waals surface area contributed by atoms with Gasteiger partial charge in [-0.3, -0.25) is 4.79 Å². The van der Waals surface area contributed by atoms with Crippen molar-refractivity contribution in [2.45, 2.75) is 13.3 Å². The second kappa shape index (κ2) is 6.75. The number of ether oxygens (including phenoxy) is 2. The van der Waals surface area contributed by atoms with Crippen LogP contribution in [0.25, 0.3) is 0 Å². The third-order valence-corrected chi connectivity index (χ3v) is 3.11. The van der Waals surface area contributed by atoms with E-state index in [0.29, 0.717) is 23.7 Å². The Morgan fingerprint density at radius 1 is 1.10 bits per heavy atom. The van der Waals surface area contributed by atoms with E-state index >= 15 is 0 Å². The molecule has 20 heavy (non-hydrogen) atoms. The summed E-state index contributed by atoms with van der Waals surface area (Å²) >= 11 is 0. The summed E-state index contributed by atoms with van der Waals surface area (Å²) in [4.78, 5) is 10.8. The van der Waals surface area contributed by atoms with Crippen molar-refractivity contribution in [2.24, 2.45) is 0 Å². The van der Waals surface area contributed by atoms with Crippen LogP contribution in [0.2, 0.25) is 0 Å².